The summed E-state index contributed by atoms with van der Waals surface area (Å²) in [6.07, 6.45) is 3.75. The first-order valence-corrected chi connectivity index (χ1v) is 7.00. The third-order valence-electron chi connectivity index (χ3n) is 3.41. The van der Waals surface area contributed by atoms with Gasteiger partial charge in [0.2, 0.25) is 0 Å². The quantitative estimate of drug-likeness (QED) is 0.652. The highest BCUT2D eigenvalue weighted by molar-refractivity contribution is 4.76. The molecule has 2 nitrogen and oxygen atoms in total. The van der Waals surface area contributed by atoms with Gasteiger partial charge in [0.1, 0.15) is 0 Å². The fourth-order valence-electron chi connectivity index (χ4n) is 2.35. The molecule has 2 heteroatoms. The smallest absolute Gasteiger partial charge is 0.0189 e. The second-order valence-corrected chi connectivity index (χ2v) is 5.21. The van der Waals surface area contributed by atoms with Crippen LogP contribution >= 0.6 is 0 Å². The predicted molar refractivity (Wildman–Crippen MR) is 73.9 cm³/mol. The summed E-state index contributed by atoms with van der Waals surface area (Å²) in [5, 5.41) is 3.42. The van der Waals surface area contributed by atoms with Crippen LogP contribution in [0, 0.1) is 5.92 Å². The van der Waals surface area contributed by atoms with Gasteiger partial charge >= 0.3 is 0 Å². The number of hydrogen-bond acceptors (Lipinski definition) is 2. The Morgan fingerprint density at radius 1 is 0.938 bits per heavy atom. The average Bonchev–Trinajstić information content (AvgIpc) is 2.26. The highest BCUT2D eigenvalue weighted by Crippen LogP contribution is 2.12. The lowest BCUT2D eigenvalue weighted by Crippen LogP contribution is -2.45. The second-order valence-electron chi connectivity index (χ2n) is 5.21. The Labute approximate surface area is 103 Å². The fraction of sp³-hybridized carbons (Fsp3) is 1.00. The van der Waals surface area contributed by atoms with Gasteiger partial charge in [-0.15, -0.1) is 0 Å². The summed E-state index contributed by atoms with van der Waals surface area (Å²) >= 11 is 0. The van der Waals surface area contributed by atoms with E-state index in [4.69, 9.17) is 0 Å². The summed E-state index contributed by atoms with van der Waals surface area (Å²) in [6, 6.07) is 1.39. The van der Waals surface area contributed by atoms with Crippen LogP contribution in [0.5, 0.6) is 0 Å². The maximum Gasteiger partial charge on any atom is 0.0189 e. The van der Waals surface area contributed by atoms with Crippen LogP contribution in [-0.2, 0) is 0 Å². The lowest BCUT2D eigenvalue weighted by atomic mass is 10.1. The molecule has 0 saturated carbocycles. The van der Waals surface area contributed by atoms with Crippen LogP contribution in [-0.4, -0.2) is 37.1 Å². The molecule has 0 aliphatic carbocycles. The summed E-state index contributed by atoms with van der Waals surface area (Å²) in [5.41, 5.74) is 0. The molecule has 0 rings (SSSR count). The zero-order chi connectivity index (χ0) is 12.6. The topological polar surface area (TPSA) is 15.3 Å². The van der Waals surface area contributed by atoms with Gasteiger partial charge < -0.3 is 5.32 Å². The van der Waals surface area contributed by atoms with Crippen molar-refractivity contribution < 1.29 is 0 Å². The van der Waals surface area contributed by atoms with Gasteiger partial charge in [0.05, 0.1) is 0 Å². The Hall–Kier alpha value is -0.0800. The largest absolute Gasteiger partial charge is 0.316 e. The van der Waals surface area contributed by atoms with E-state index in [2.05, 4.69) is 51.9 Å². The Balaban J connectivity index is 4.39. The molecule has 0 fully saturated rings. The monoisotopic (exact) mass is 228 g/mol. The van der Waals surface area contributed by atoms with Crippen LogP contribution in [0.2, 0.25) is 0 Å². The van der Waals surface area contributed by atoms with E-state index in [-0.39, 0.29) is 0 Å². The van der Waals surface area contributed by atoms with E-state index in [0.717, 1.165) is 12.0 Å². The second kappa shape index (κ2) is 9.00. The van der Waals surface area contributed by atoms with E-state index >= 15 is 0 Å². The minimum Gasteiger partial charge on any atom is -0.316 e. The number of nitrogens with one attached hydrogen (secondary N) is 1. The molecule has 0 bridgehead atoms. The van der Waals surface area contributed by atoms with Gasteiger partial charge in [-0.25, -0.2) is 0 Å². The van der Waals surface area contributed by atoms with Crippen molar-refractivity contribution in [1.82, 2.24) is 10.2 Å². The fourth-order valence-corrected chi connectivity index (χ4v) is 2.35. The summed E-state index contributed by atoms with van der Waals surface area (Å²) in [6.45, 7) is 13.9. The molecule has 0 radical (unpaired) electrons. The Bertz CT molecular complexity index is 149. The molecule has 1 N–H and O–H groups in total. The Kier molecular flexibility index (Phi) is 8.96. The molecule has 0 saturated heterocycles. The summed E-state index contributed by atoms with van der Waals surface area (Å²) in [5.74, 6) is 0.759. The maximum atomic E-state index is 3.42. The minimum atomic E-state index is 0.638. The zero-order valence-corrected chi connectivity index (χ0v) is 12.2. The minimum absolute atomic E-state index is 0.638. The number of hydrogen-bond donors (Lipinski definition) is 1. The van der Waals surface area contributed by atoms with Crippen molar-refractivity contribution in [2.45, 2.75) is 66.0 Å². The summed E-state index contributed by atoms with van der Waals surface area (Å²) < 4.78 is 0. The van der Waals surface area contributed by atoms with Gasteiger partial charge in [-0.3, -0.25) is 4.90 Å². The lowest BCUT2D eigenvalue weighted by molar-refractivity contribution is 0.149. The molecule has 0 aromatic carbocycles. The lowest BCUT2D eigenvalue weighted by Gasteiger charge is -2.34. The normalized spacial score (nSPS) is 14.1. The van der Waals surface area contributed by atoms with Crippen molar-refractivity contribution in [2.24, 2.45) is 5.92 Å². The van der Waals surface area contributed by atoms with Crippen LogP contribution in [0.4, 0.5) is 0 Å². The van der Waals surface area contributed by atoms with Crippen LogP contribution in [0.25, 0.3) is 0 Å². The molecule has 0 aromatic rings. The van der Waals surface area contributed by atoms with Crippen molar-refractivity contribution in [3.63, 3.8) is 0 Å². The molecule has 0 spiro atoms. The van der Waals surface area contributed by atoms with Crippen molar-refractivity contribution in [3.8, 4) is 0 Å². The first-order chi connectivity index (χ1) is 7.58. The molecule has 0 aliphatic heterocycles. The average molecular weight is 228 g/mol. The first-order valence-electron chi connectivity index (χ1n) is 7.00. The van der Waals surface area contributed by atoms with Crippen molar-refractivity contribution in [3.05, 3.63) is 0 Å². The van der Waals surface area contributed by atoms with Crippen LogP contribution < -0.4 is 5.32 Å². The van der Waals surface area contributed by atoms with Gasteiger partial charge in [-0.1, -0.05) is 34.6 Å². The van der Waals surface area contributed by atoms with Crippen molar-refractivity contribution in [1.29, 1.82) is 0 Å². The van der Waals surface area contributed by atoms with E-state index in [1.807, 2.05) is 0 Å². The molecule has 1 atom stereocenters. The third-order valence-corrected chi connectivity index (χ3v) is 3.41. The van der Waals surface area contributed by atoms with Crippen molar-refractivity contribution in [2.75, 3.05) is 20.1 Å². The Morgan fingerprint density at radius 3 is 1.81 bits per heavy atom. The molecular formula is C14H32N2. The number of likely N-dealkylation sites (N-methyl/N-ethyl adjacent to an activating group) is 1. The van der Waals surface area contributed by atoms with E-state index in [0.29, 0.717) is 6.04 Å². The maximum absolute atomic E-state index is 3.42. The molecule has 0 heterocycles. The number of nitrogens with zero attached hydrogens (tertiary/aromatic N) is 1. The van der Waals surface area contributed by atoms with Gasteiger partial charge in [0.25, 0.3) is 0 Å². The molecule has 98 valence electrons. The van der Waals surface area contributed by atoms with Gasteiger partial charge in [0.15, 0.2) is 0 Å². The molecule has 0 amide bonds. The van der Waals surface area contributed by atoms with E-state index in [1.54, 1.807) is 0 Å². The van der Waals surface area contributed by atoms with Crippen molar-refractivity contribution >= 4 is 0 Å². The first kappa shape index (κ1) is 15.9. The van der Waals surface area contributed by atoms with Gasteiger partial charge in [-0.05, 0) is 32.2 Å². The highest BCUT2D eigenvalue weighted by atomic mass is 15.2. The van der Waals surface area contributed by atoms with Gasteiger partial charge in [-0.2, -0.15) is 0 Å². The molecule has 0 aromatic heterocycles. The van der Waals surface area contributed by atoms with Crippen LogP contribution in [0.15, 0.2) is 0 Å². The third kappa shape index (κ3) is 5.86. The van der Waals surface area contributed by atoms with Crippen LogP contribution in [0.1, 0.15) is 53.9 Å². The van der Waals surface area contributed by atoms with Crippen LogP contribution in [0.3, 0.4) is 0 Å². The Morgan fingerprint density at radius 2 is 1.50 bits per heavy atom. The summed E-state index contributed by atoms with van der Waals surface area (Å²) in [7, 11) is 2.08. The highest BCUT2D eigenvalue weighted by Gasteiger charge is 2.18. The number of rotatable bonds is 9. The molecular weight excluding hydrogens is 196 g/mol. The van der Waals surface area contributed by atoms with E-state index in [9.17, 15) is 0 Å². The van der Waals surface area contributed by atoms with Gasteiger partial charge in [0, 0.05) is 25.2 Å². The molecule has 1 unspecified atom stereocenters. The SMILES string of the molecule is CCC(CN(CC(C)C)C(CC)CC)NC. The standard InChI is InChI=1S/C14H32N2/c1-7-13(15-6)11-16(10-12(4)5)14(8-2)9-3/h12-15H,7-11H2,1-6H3. The summed E-state index contributed by atoms with van der Waals surface area (Å²) in [4.78, 5) is 2.68. The molecule has 16 heavy (non-hydrogen) atoms. The van der Waals surface area contributed by atoms with E-state index in [1.165, 1.54) is 32.4 Å². The zero-order valence-electron chi connectivity index (χ0n) is 12.2. The van der Waals surface area contributed by atoms with E-state index < -0.39 is 0 Å². The predicted octanol–water partition coefficient (Wildman–Crippen LogP) is 3.13. The molecule has 0 aliphatic rings.